The van der Waals surface area contributed by atoms with E-state index in [4.69, 9.17) is 11.6 Å². The van der Waals surface area contributed by atoms with Crippen molar-refractivity contribution in [2.75, 3.05) is 0 Å². The molecule has 0 spiro atoms. The first kappa shape index (κ1) is 19.6. The van der Waals surface area contributed by atoms with Crippen LogP contribution in [0.25, 0.3) is 21.9 Å². The Morgan fingerprint density at radius 3 is 1.81 bits per heavy atom. The van der Waals surface area contributed by atoms with Gasteiger partial charge in [-0.3, -0.25) is 0 Å². The van der Waals surface area contributed by atoms with Gasteiger partial charge in [-0.1, -0.05) is 108 Å². The summed E-state index contributed by atoms with van der Waals surface area (Å²) in [6.45, 7) is 0. The molecule has 6 rings (SSSR count). The number of benzene rings is 5. The molecule has 0 atom stereocenters. The summed E-state index contributed by atoms with van der Waals surface area (Å²) >= 11 is 7.88. The summed E-state index contributed by atoms with van der Waals surface area (Å²) in [6.07, 6.45) is 0. The Morgan fingerprint density at radius 1 is 0.594 bits per heavy atom. The van der Waals surface area contributed by atoms with E-state index in [0.29, 0.717) is 5.02 Å². The van der Waals surface area contributed by atoms with Gasteiger partial charge in [0.2, 0.25) is 0 Å². The molecule has 1 heterocycles. The highest BCUT2D eigenvalue weighted by atomic mass is 35.5. The molecule has 0 radical (unpaired) electrons. The van der Waals surface area contributed by atoms with Gasteiger partial charge in [-0.25, -0.2) is 0 Å². The smallest absolute Gasteiger partial charge is 0.143 e. The molecule has 5 aromatic carbocycles. The van der Waals surface area contributed by atoms with Crippen LogP contribution in [0.3, 0.4) is 0 Å². The van der Waals surface area contributed by atoms with Crippen molar-refractivity contribution in [2.45, 2.75) is 15.4 Å². The number of aliphatic hydroxyl groups is 1. The van der Waals surface area contributed by atoms with E-state index in [9.17, 15) is 5.11 Å². The topological polar surface area (TPSA) is 20.2 Å². The lowest BCUT2D eigenvalue weighted by atomic mass is 9.77. The molecule has 0 saturated carbocycles. The van der Waals surface area contributed by atoms with Crippen LogP contribution in [0.4, 0.5) is 0 Å². The first-order valence-electron chi connectivity index (χ1n) is 10.5. The van der Waals surface area contributed by atoms with E-state index >= 15 is 0 Å². The summed E-state index contributed by atoms with van der Waals surface area (Å²) in [6, 6.07) is 36.7. The van der Waals surface area contributed by atoms with Crippen LogP contribution >= 0.6 is 23.4 Å². The van der Waals surface area contributed by atoms with Gasteiger partial charge in [0.05, 0.1) is 0 Å². The van der Waals surface area contributed by atoms with Crippen LogP contribution in [-0.4, -0.2) is 5.11 Å². The zero-order chi connectivity index (χ0) is 21.7. The monoisotopic (exact) mass is 450 g/mol. The lowest BCUT2D eigenvalue weighted by Crippen LogP contribution is -2.32. The van der Waals surface area contributed by atoms with Crippen molar-refractivity contribution in [3.63, 3.8) is 0 Å². The van der Waals surface area contributed by atoms with Gasteiger partial charge in [0.1, 0.15) is 5.60 Å². The molecule has 0 aliphatic carbocycles. The molecule has 3 heteroatoms. The normalized spacial score (nSPS) is 14.1. The largest absolute Gasteiger partial charge is 0.376 e. The van der Waals surface area contributed by atoms with E-state index in [-0.39, 0.29) is 0 Å². The van der Waals surface area contributed by atoms with E-state index in [2.05, 4.69) is 42.5 Å². The summed E-state index contributed by atoms with van der Waals surface area (Å²) in [5.74, 6) is 0. The lowest BCUT2D eigenvalue weighted by molar-refractivity contribution is 0.120. The Kier molecular flexibility index (Phi) is 4.62. The number of fused-ring (bicyclic) bond motifs is 3. The minimum atomic E-state index is -1.26. The molecule has 0 amide bonds. The molecule has 0 aromatic heterocycles. The highest BCUT2D eigenvalue weighted by Crippen LogP contribution is 2.52. The van der Waals surface area contributed by atoms with E-state index in [0.717, 1.165) is 48.4 Å². The molecule has 1 aliphatic rings. The fraction of sp³-hybridized carbons (Fsp3) is 0.0345. The predicted octanol–water partition coefficient (Wildman–Crippen LogP) is 7.91. The van der Waals surface area contributed by atoms with Gasteiger partial charge in [-0.15, -0.1) is 0 Å². The van der Waals surface area contributed by atoms with Crippen molar-refractivity contribution in [1.29, 1.82) is 0 Å². The van der Waals surface area contributed by atoms with E-state index < -0.39 is 5.60 Å². The van der Waals surface area contributed by atoms with Crippen LogP contribution in [0, 0.1) is 0 Å². The van der Waals surface area contributed by atoms with Crippen LogP contribution in [0.5, 0.6) is 0 Å². The second kappa shape index (κ2) is 7.53. The molecule has 32 heavy (non-hydrogen) atoms. The highest BCUT2D eigenvalue weighted by Gasteiger charge is 2.42. The van der Waals surface area contributed by atoms with Crippen molar-refractivity contribution < 1.29 is 5.11 Å². The predicted molar refractivity (Wildman–Crippen MR) is 134 cm³/mol. The van der Waals surface area contributed by atoms with Crippen LogP contribution in [-0.2, 0) is 5.60 Å². The Hall–Kier alpha value is -3.04. The minimum Gasteiger partial charge on any atom is -0.376 e. The second-order valence-corrected chi connectivity index (χ2v) is 9.54. The average Bonchev–Trinajstić information content (AvgIpc) is 2.84. The van der Waals surface area contributed by atoms with Gasteiger partial charge < -0.3 is 5.11 Å². The summed E-state index contributed by atoms with van der Waals surface area (Å²) in [5, 5.41) is 15.5. The molecule has 5 aromatic rings. The summed E-state index contributed by atoms with van der Waals surface area (Å²) < 4.78 is 0. The van der Waals surface area contributed by atoms with Crippen LogP contribution in [0.1, 0.15) is 16.7 Å². The van der Waals surface area contributed by atoms with E-state index in [1.165, 1.54) is 0 Å². The molecule has 1 nitrogen and oxygen atoms in total. The van der Waals surface area contributed by atoms with Gasteiger partial charge in [0, 0.05) is 31.5 Å². The summed E-state index contributed by atoms with van der Waals surface area (Å²) in [7, 11) is 0. The van der Waals surface area contributed by atoms with Gasteiger partial charge in [-0.05, 0) is 46.2 Å². The number of hydrogen-bond donors (Lipinski definition) is 1. The van der Waals surface area contributed by atoms with Crippen LogP contribution in [0.2, 0.25) is 5.02 Å². The van der Waals surface area contributed by atoms with Crippen molar-refractivity contribution in [1.82, 2.24) is 0 Å². The van der Waals surface area contributed by atoms with Crippen molar-refractivity contribution in [2.24, 2.45) is 0 Å². The maximum Gasteiger partial charge on any atom is 0.143 e. The molecule has 154 valence electrons. The van der Waals surface area contributed by atoms with E-state index in [1.807, 2.05) is 66.7 Å². The highest BCUT2D eigenvalue weighted by molar-refractivity contribution is 7.99. The Labute approximate surface area is 196 Å². The molecular formula is C29H19ClOS. The second-order valence-electron chi connectivity index (χ2n) is 8.02. The third-order valence-corrected chi connectivity index (χ3v) is 7.63. The van der Waals surface area contributed by atoms with Gasteiger partial charge in [0.15, 0.2) is 0 Å². The Balaban J connectivity index is 1.73. The van der Waals surface area contributed by atoms with Crippen molar-refractivity contribution in [3.8, 4) is 11.1 Å². The summed E-state index contributed by atoms with van der Waals surface area (Å²) in [4.78, 5) is 2.16. The first-order valence-corrected chi connectivity index (χ1v) is 11.7. The minimum absolute atomic E-state index is 0.708. The molecule has 0 saturated heterocycles. The molecule has 0 fully saturated rings. The molecule has 0 unspecified atom stereocenters. The maximum atomic E-state index is 12.6. The average molecular weight is 451 g/mol. The lowest BCUT2D eigenvalue weighted by Gasteiger charge is -2.37. The Bertz CT molecular complexity index is 1420. The zero-order valence-electron chi connectivity index (χ0n) is 17.1. The van der Waals surface area contributed by atoms with Crippen LogP contribution in [0.15, 0.2) is 119 Å². The van der Waals surface area contributed by atoms with Gasteiger partial charge in [-0.2, -0.15) is 0 Å². The third kappa shape index (κ3) is 2.91. The molecule has 1 aliphatic heterocycles. The Morgan fingerprint density at radius 2 is 1.16 bits per heavy atom. The summed E-state index contributed by atoms with van der Waals surface area (Å²) in [5.41, 5.74) is 3.62. The fourth-order valence-corrected chi connectivity index (χ4v) is 6.08. The molecule has 1 N–H and O–H groups in total. The SMILES string of the molecule is OC1(c2cccc3cccc(-c4ccc(Cl)cc4)c23)c2ccccc2Sc2ccccc21. The van der Waals surface area contributed by atoms with Crippen molar-refractivity contribution >= 4 is 34.1 Å². The number of hydrogen-bond acceptors (Lipinski definition) is 2. The van der Waals surface area contributed by atoms with Gasteiger partial charge in [0.25, 0.3) is 0 Å². The standard InChI is InChI=1S/C29H19ClOS/c30-21-17-15-19(16-18-21)22-9-5-7-20-8-6-12-25(28(20)22)29(31)23-10-1-3-13-26(23)32-27-14-4-2-11-24(27)29/h1-18,31H. The first-order chi connectivity index (χ1) is 15.7. The van der Waals surface area contributed by atoms with E-state index in [1.54, 1.807) is 11.8 Å². The number of rotatable bonds is 2. The quantitative estimate of drug-likeness (QED) is 0.295. The third-order valence-electron chi connectivity index (χ3n) is 6.22. The maximum absolute atomic E-state index is 12.6. The fourth-order valence-electron chi connectivity index (χ4n) is 4.78. The van der Waals surface area contributed by atoms with Crippen LogP contribution < -0.4 is 0 Å². The molecule has 0 bridgehead atoms. The number of halogens is 1. The van der Waals surface area contributed by atoms with Gasteiger partial charge >= 0.3 is 0 Å². The van der Waals surface area contributed by atoms with Crippen molar-refractivity contribution in [3.05, 3.63) is 131 Å². The zero-order valence-corrected chi connectivity index (χ0v) is 18.7. The molecular weight excluding hydrogens is 432 g/mol.